The van der Waals surface area contributed by atoms with Crippen LogP contribution in [0.2, 0.25) is 0 Å². The van der Waals surface area contributed by atoms with Crippen molar-refractivity contribution >= 4 is 11.8 Å². The topological polar surface area (TPSA) is 67.2 Å². The lowest BCUT2D eigenvalue weighted by Crippen LogP contribution is -2.55. The SMILES string of the molecule is Cc1nn(C)cc1C(=O)N1CC(C(=O)NCCc2ccc(F)cc2)C1. The van der Waals surface area contributed by atoms with Crippen molar-refractivity contribution in [2.24, 2.45) is 13.0 Å². The molecular weight excluding hydrogens is 323 g/mol. The van der Waals surface area contributed by atoms with Gasteiger partial charge in [0.1, 0.15) is 5.82 Å². The quantitative estimate of drug-likeness (QED) is 0.889. The number of carbonyl (C=O) groups excluding carboxylic acids is 2. The molecule has 1 fully saturated rings. The smallest absolute Gasteiger partial charge is 0.257 e. The first-order valence-corrected chi connectivity index (χ1v) is 8.25. The molecule has 2 heterocycles. The van der Waals surface area contributed by atoms with Crippen LogP contribution in [0.15, 0.2) is 30.5 Å². The lowest BCUT2D eigenvalue weighted by molar-refractivity contribution is -0.128. The Morgan fingerprint density at radius 3 is 2.56 bits per heavy atom. The number of nitrogens with one attached hydrogen (secondary N) is 1. The predicted molar refractivity (Wildman–Crippen MR) is 90.5 cm³/mol. The van der Waals surface area contributed by atoms with E-state index in [-0.39, 0.29) is 23.5 Å². The third-order valence-corrected chi connectivity index (χ3v) is 4.41. The molecule has 0 aliphatic carbocycles. The van der Waals surface area contributed by atoms with E-state index in [0.717, 1.165) is 5.56 Å². The molecule has 0 bridgehead atoms. The summed E-state index contributed by atoms with van der Waals surface area (Å²) in [6.07, 6.45) is 2.35. The van der Waals surface area contributed by atoms with Gasteiger partial charge in [0.15, 0.2) is 0 Å². The van der Waals surface area contributed by atoms with E-state index < -0.39 is 0 Å². The predicted octanol–water partition coefficient (Wildman–Crippen LogP) is 1.30. The van der Waals surface area contributed by atoms with Crippen LogP contribution in [0.5, 0.6) is 0 Å². The second-order valence-corrected chi connectivity index (χ2v) is 6.38. The minimum Gasteiger partial charge on any atom is -0.355 e. The molecule has 6 nitrogen and oxygen atoms in total. The molecule has 1 aromatic heterocycles. The molecule has 2 aromatic rings. The Morgan fingerprint density at radius 2 is 1.96 bits per heavy atom. The van der Waals surface area contributed by atoms with E-state index in [9.17, 15) is 14.0 Å². The van der Waals surface area contributed by atoms with Crippen molar-refractivity contribution in [2.45, 2.75) is 13.3 Å². The van der Waals surface area contributed by atoms with Crippen LogP contribution in [0.3, 0.4) is 0 Å². The number of hydrogen-bond acceptors (Lipinski definition) is 3. The van der Waals surface area contributed by atoms with Crippen LogP contribution in [0, 0.1) is 18.7 Å². The summed E-state index contributed by atoms with van der Waals surface area (Å²) in [7, 11) is 1.78. The summed E-state index contributed by atoms with van der Waals surface area (Å²) in [4.78, 5) is 26.1. The molecule has 1 aliphatic heterocycles. The molecule has 1 aromatic carbocycles. The first-order valence-electron chi connectivity index (χ1n) is 8.25. The van der Waals surface area contributed by atoms with Crippen LogP contribution in [0.4, 0.5) is 4.39 Å². The summed E-state index contributed by atoms with van der Waals surface area (Å²) >= 11 is 0. The van der Waals surface area contributed by atoms with Crippen LogP contribution >= 0.6 is 0 Å². The molecule has 0 atom stereocenters. The number of benzene rings is 1. The van der Waals surface area contributed by atoms with Gasteiger partial charge in [-0.3, -0.25) is 14.3 Å². The third kappa shape index (κ3) is 3.87. The number of nitrogens with zero attached hydrogens (tertiary/aromatic N) is 3. The van der Waals surface area contributed by atoms with Crippen LogP contribution in [0.1, 0.15) is 21.6 Å². The maximum Gasteiger partial charge on any atom is 0.257 e. The average Bonchev–Trinajstić information content (AvgIpc) is 2.86. The summed E-state index contributed by atoms with van der Waals surface area (Å²) in [5.74, 6) is -0.569. The average molecular weight is 344 g/mol. The van der Waals surface area contributed by atoms with Crippen molar-refractivity contribution in [2.75, 3.05) is 19.6 Å². The summed E-state index contributed by atoms with van der Waals surface area (Å²) in [5, 5.41) is 7.04. The number of rotatable bonds is 5. The van der Waals surface area contributed by atoms with E-state index in [2.05, 4.69) is 10.4 Å². The highest BCUT2D eigenvalue weighted by atomic mass is 19.1. The summed E-state index contributed by atoms with van der Waals surface area (Å²) in [6, 6.07) is 6.24. The number of hydrogen-bond donors (Lipinski definition) is 1. The van der Waals surface area contributed by atoms with Crippen LogP contribution < -0.4 is 5.32 Å². The maximum atomic E-state index is 12.8. The number of amides is 2. The van der Waals surface area contributed by atoms with Crippen LogP contribution in [0.25, 0.3) is 0 Å². The van der Waals surface area contributed by atoms with Crippen molar-refractivity contribution in [3.63, 3.8) is 0 Å². The van der Waals surface area contributed by atoms with Gasteiger partial charge in [-0.2, -0.15) is 5.10 Å². The molecule has 1 aliphatic rings. The van der Waals surface area contributed by atoms with E-state index in [1.54, 1.807) is 41.9 Å². The number of aromatic nitrogens is 2. The Bertz CT molecular complexity index is 779. The zero-order valence-electron chi connectivity index (χ0n) is 14.3. The van der Waals surface area contributed by atoms with Crippen molar-refractivity contribution in [1.82, 2.24) is 20.0 Å². The Hall–Kier alpha value is -2.70. The molecule has 1 saturated heterocycles. The van der Waals surface area contributed by atoms with Crippen molar-refractivity contribution in [1.29, 1.82) is 0 Å². The Balaban J connectivity index is 1.43. The molecule has 0 unspecified atom stereocenters. The molecule has 0 radical (unpaired) electrons. The van der Waals surface area contributed by atoms with Gasteiger partial charge in [0.25, 0.3) is 5.91 Å². The maximum absolute atomic E-state index is 12.8. The first-order chi connectivity index (χ1) is 11.9. The van der Waals surface area contributed by atoms with Crippen molar-refractivity contribution in [3.05, 3.63) is 53.1 Å². The Morgan fingerprint density at radius 1 is 1.28 bits per heavy atom. The van der Waals surface area contributed by atoms with E-state index in [4.69, 9.17) is 0 Å². The van der Waals surface area contributed by atoms with Crippen LogP contribution in [-0.4, -0.2) is 46.1 Å². The van der Waals surface area contributed by atoms with Gasteiger partial charge in [-0.05, 0) is 31.0 Å². The highest BCUT2D eigenvalue weighted by molar-refractivity contribution is 5.96. The highest BCUT2D eigenvalue weighted by Gasteiger charge is 2.36. The molecule has 25 heavy (non-hydrogen) atoms. The number of aryl methyl sites for hydroxylation is 2. The fourth-order valence-electron chi connectivity index (χ4n) is 2.92. The minimum atomic E-state index is -0.268. The molecule has 0 spiro atoms. The molecule has 1 N–H and O–H groups in total. The summed E-state index contributed by atoms with van der Waals surface area (Å²) in [5.41, 5.74) is 2.25. The number of halogens is 1. The number of carbonyl (C=O) groups is 2. The zero-order chi connectivity index (χ0) is 18.0. The Labute approximate surface area is 145 Å². The van der Waals surface area contributed by atoms with E-state index >= 15 is 0 Å². The molecule has 132 valence electrons. The van der Waals surface area contributed by atoms with E-state index in [1.807, 2.05) is 0 Å². The molecule has 0 saturated carbocycles. The van der Waals surface area contributed by atoms with E-state index in [0.29, 0.717) is 37.3 Å². The molecule has 2 amide bonds. The molecular formula is C18H21FN4O2. The van der Waals surface area contributed by atoms with Gasteiger partial charge in [-0.15, -0.1) is 0 Å². The molecule has 7 heteroatoms. The van der Waals surface area contributed by atoms with Crippen molar-refractivity contribution in [3.8, 4) is 0 Å². The lowest BCUT2D eigenvalue weighted by atomic mass is 9.98. The second kappa shape index (κ2) is 7.04. The first kappa shape index (κ1) is 17.1. The lowest BCUT2D eigenvalue weighted by Gasteiger charge is -2.38. The summed E-state index contributed by atoms with van der Waals surface area (Å²) in [6.45, 7) is 3.15. The largest absolute Gasteiger partial charge is 0.355 e. The second-order valence-electron chi connectivity index (χ2n) is 6.38. The molecule has 3 rings (SSSR count). The summed E-state index contributed by atoms with van der Waals surface area (Å²) < 4.78 is 14.5. The number of likely N-dealkylation sites (tertiary alicyclic amines) is 1. The van der Waals surface area contributed by atoms with Gasteiger partial charge in [0, 0.05) is 32.9 Å². The fraction of sp³-hybridized carbons (Fsp3) is 0.389. The minimum absolute atomic E-state index is 0.0472. The van der Waals surface area contributed by atoms with Gasteiger partial charge in [0.05, 0.1) is 17.2 Å². The Kier molecular flexibility index (Phi) is 4.83. The highest BCUT2D eigenvalue weighted by Crippen LogP contribution is 2.20. The fourth-order valence-corrected chi connectivity index (χ4v) is 2.92. The van der Waals surface area contributed by atoms with Gasteiger partial charge in [-0.1, -0.05) is 12.1 Å². The normalized spacial score (nSPS) is 14.3. The standard InChI is InChI=1S/C18H21FN4O2/c1-12-16(11-22(2)21-12)18(25)23-9-14(10-23)17(24)20-8-7-13-3-5-15(19)6-4-13/h3-6,11,14H,7-10H2,1-2H3,(H,20,24). The van der Waals surface area contributed by atoms with Gasteiger partial charge >= 0.3 is 0 Å². The van der Waals surface area contributed by atoms with E-state index in [1.165, 1.54) is 12.1 Å². The zero-order valence-corrected chi connectivity index (χ0v) is 14.3. The van der Waals surface area contributed by atoms with Gasteiger partial charge in [0.2, 0.25) is 5.91 Å². The van der Waals surface area contributed by atoms with Crippen LogP contribution in [-0.2, 0) is 18.3 Å². The van der Waals surface area contributed by atoms with Crippen molar-refractivity contribution < 1.29 is 14.0 Å². The van der Waals surface area contributed by atoms with Gasteiger partial charge in [-0.25, -0.2) is 4.39 Å². The monoisotopic (exact) mass is 344 g/mol. The third-order valence-electron chi connectivity index (χ3n) is 4.41. The van der Waals surface area contributed by atoms with Gasteiger partial charge < -0.3 is 10.2 Å².